The first kappa shape index (κ1) is 15.7. The zero-order valence-corrected chi connectivity index (χ0v) is 13.7. The van der Waals surface area contributed by atoms with Crippen LogP contribution in [0, 0.1) is 12.8 Å². The smallest absolute Gasteiger partial charge is 0.253 e. The van der Waals surface area contributed by atoms with Crippen molar-refractivity contribution in [1.29, 1.82) is 0 Å². The summed E-state index contributed by atoms with van der Waals surface area (Å²) in [6, 6.07) is 3.62. The minimum atomic E-state index is -0.0266. The van der Waals surface area contributed by atoms with Crippen LogP contribution < -0.4 is 5.32 Å². The molecule has 0 spiro atoms. The van der Waals surface area contributed by atoms with Gasteiger partial charge < -0.3 is 5.32 Å². The molecule has 3 heterocycles. The van der Waals surface area contributed by atoms with Gasteiger partial charge in [-0.25, -0.2) is 0 Å². The average Bonchev–Trinajstić information content (AvgIpc) is 3.15. The third-order valence-corrected chi connectivity index (χ3v) is 4.34. The van der Waals surface area contributed by atoms with Crippen molar-refractivity contribution in [1.82, 2.24) is 25.0 Å². The normalized spacial score (nSPS) is 18.3. The van der Waals surface area contributed by atoms with Crippen molar-refractivity contribution in [2.75, 3.05) is 19.6 Å². The first-order valence-electron chi connectivity index (χ1n) is 8.01. The number of likely N-dealkylation sites (tertiary alicyclic amines) is 1. The van der Waals surface area contributed by atoms with Crippen LogP contribution in [-0.4, -0.2) is 45.2 Å². The maximum absolute atomic E-state index is 12.2. The molecule has 2 aromatic heterocycles. The lowest BCUT2D eigenvalue weighted by molar-refractivity contribution is 0.0946. The minimum Gasteiger partial charge on any atom is -0.352 e. The number of carbonyl (C=O) groups is 1. The van der Waals surface area contributed by atoms with Gasteiger partial charge in [0.25, 0.3) is 5.91 Å². The first-order valence-corrected chi connectivity index (χ1v) is 8.01. The molecule has 0 bridgehead atoms. The molecule has 1 aliphatic rings. The van der Waals surface area contributed by atoms with E-state index in [9.17, 15) is 4.79 Å². The van der Waals surface area contributed by atoms with Crippen LogP contribution in [0.3, 0.4) is 0 Å². The Labute approximate surface area is 136 Å². The number of hydrogen-bond donors (Lipinski definition) is 1. The summed E-state index contributed by atoms with van der Waals surface area (Å²) >= 11 is 0. The summed E-state index contributed by atoms with van der Waals surface area (Å²) in [5.74, 6) is 0.480. The van der Waals surface area contributed by atoms with Crippen LogP contribution >= 0.6 is 0 Å². The number of carbonyl (C=O) groups excluding carboxylic acids is 1. The maximum atomic E-state index is 12.2. The SMILES string of the molecule is Cc1ncccc1C(=O)NCC1CCN(Cc2cnn(C)c2)C1. The summed E-state index contributed by atoms with van der Waals surface area (Å²) in [6.45, 7) is 5.60. The zero-order valence-electron chi connectivity index (χ0n) is 13.7. The molecule has 1 N–H and O–H groups in total. The zero-order chi connectivity index (χ0) is 16.2. The number of aryl methyl sites for hydroxylation is 2. The second-order valence-corrected chi connectivity index (χ2v) is 6.26. The Kier molecular flexibility index (Phi) is 4.71. The molecule has 0 radical (unpaired) electrons. The molecule has 6 heteroatoms. The molecule has 6 nitrogen and oxygen atoms in total. The Morgan fingerprint density at radius 2 is 2.35 bits per heavy atom. The Balaban J connectivity index is 1.47. The predicted octanol–water partition coefficient (Wildman–Crippen LogP) is 1.38. The summed E-state index contributed by atoms with van der Waals surface area (Å²) in [5, 5.41) is 7.25. The molecular formula is C17H23N5O. The molecule has 1 atom stereocenters. The molecule has 1 saturated heterocycles. The molecule has 122 valence electrons. The Morgan fingerprint density at radius 1 is 1.48 bits per heavy atom. The molecule has 1 aliphatic heterocycles. The molecule has 2 aromatic rings. The van der Waals surface area contributed by atoms with Gasteiger partial charge in [0.05, 0.1) is 11.8 Å². The van der Waals surface area contributed by atoms with Crippen LogP contribution in [0.15, 0.2) is 30.7 Å². The molecular weight excluding hydrogens is 290 g/mol. The highest BCUT2D eigenvalue weighted by atomic mass is 16.1. The van der Waals surface area contributed by atoms with Crippen molar-refractivity contribution in [3.8, 4) is 0 Å². The third-order valence-electron chi connectivity index (χ3n) is 4.34. The Hall–Kier alpha value is -2.21. The summed E-state index contributed by atoms with van der Waals surface area (Å²) in [5.41, 5.74) is 2.68. The van der Waals surface area contributed by atoms with Gasteiger partial charge >= 0.3 is 0 Å². The van der Waals surface area contributed by atoms with Crippen LogP contribution in [-0.2, 0) is 13.6 Å². The van der Waals surface area contributed by atoms with Crippen LogP contribution in [0.1, 0.15) is 28.0 Å². The second-order valence-electron chi connectivity index (χ2n) is 6.26. The van der Waals surface area contributed by atoms with Gasteiger partial charge in [-0.05, 0) is 37.9 Å². The van der Waals surface area contributed by atoms with Gasteiger partial charge in [0.2, 0.25) is 0 Å². The number of rotatable bonds is 5. The topological polar surface area (TPSA) is 63.1 Å². The van der Waals surface area contributed by atoms with Gasteiger partial charge in [0.1, 0.15) is 0 Å². The second kappa shape index (κ2) is 6.91. The van der Waals surface area contributed by atoms with Crippen molar-refractivity contribution in [2.45, 2.75) is 19.9 Å². The van der Waals surface area contributed by atoms with Crippen LogP contribution in [0.5, 0.6) is 0 Å². The van der Waals surface area contributed by atoms with E-state index < -0.39 is 0 Å². The van der Waals surface area contributed by atoms with Gasteiger partial charge in [-0.2, -0.15) is 5.10 Å². The van der Waals surface area contributed by atoms with Gasteiger partial charge in [-0.1, -0.05) is 0 Å². The van der Waals surface area contributed by atoms with E-state index >= 15 is 0 Å². The van der Waals surface area contributed by atoms with Crippen LogP contribution in [0.2, 0.25) is 0 Å². The van der Waals surface area contributed by atoms with E-state index in [0.29, 0.717) is 11.5 Å². The molecule has 1 unspecified atom stereocenters. The lowest BCUT2D eigenvalue weighted by Crippen LogP contribution is -2.31. The lowest BCUT2D eigenvalue weighted by atomic mass is 10.1. The van der Waals surface area contributed by atoms with Crippen LogP contribution in [0.4, 0.5) is 0 Å². The number of hydrogen-bond acceptors (Lipinski definition) is 4. The van der Waals surface area contributed by atoms with Crippen molar-refractivity contribution in [2.24, 2.45) is 13.0 Å². The highest BCUT2D eigenvalue weighted by molar-refractivity contribution is 5.95. The molecule has 0 saturated carbocycles. The average molecular weight is 313 g/mol. The fourth-order valence-corrected chi connectivity index (χ4v) is 3.09. The van der Waals surface area contributed by atoms with Crippen LogP contribution in [0.25, 0.3) is 0 Å². The summed E-state index contributed by atoms with van der Waals surface area (Å²) in [6.07, 6.45) is 6.80. The van der Waals surface area contributed by atoms with E-state index in [1.54, 1.807) is 12.3 Å². The summed E-state index contributed by atoms with van der Waals surface area (Å²) in [7, 11) is 1.94. The van der Waals surface area contributed by atoms with E-state index in [0.717, 1.165) is 38.3 Å². The maximum Gasteiger partial charge on any atom is 0.253 e. The van der Waals surface area contributed by atoms with Gasteiger partial charge in [0, 0.05) is 50.3 Å². The molecule has 3 rings (SSSR count). The fourth-order valence-electron chi connectivity index (χ4n) is 3.09. The molecule has 0 aromatic carbocycles. The lowest BCUT2D eigenvalue weighted by Gasteiger charge is -2.15. The third kappa shape index (κ3) is 3.96. The van der Waals surface area contributed by atoms with E-state index in [4.69, 9.17) is 0 Å². The Morgan fingerprint density at radius 3 is 3.09 bits per heavy atom. The minimum absolute atomic E-state index is 0.0266. The van der Waals surface area contributed by atoms with E-state index in [1.165, 1.54) is 5.56 Å². The fraction of sp³-hybridized carbons (Fsp3) is 0.471. The molecule has 1 amide bonds. The van der Waals surface area contributed by atoms with Crippen molar-refractivity contribution in [3.63, 3.8) is 0 Å². The van der Waals surface area contributed by atoms with E-state index in [2.05, 4.69) is 26.5 Å². The van der Waals surface area contributed by atoms with Gasteiger partial charge in [-0.3, -0.25) is 19.4 Å². The molecule has 0 aliphatic carbocycles. The monoisotopic (exact) mass is 313 g/mol. The number of amides is 1. The quantitative estimate of drug-likeness (QED) is 0.906. The number of nitrogens with one attached hydrogen (secondary N) is 1. The van der Waals surface area contributed by atoms with E-state index in [1.807, 2.05) is 30.9 Å². The first-order chi connectivity index (χ1) is 11.1. The largest absolute Gasteiger partial charge is 0.352 e. The van der Waals surface area contributed by atoms with Gasteiger partial charge in [0.15, 0.2) is 0 Å². The van der Waals surface area contributed by atoms with Crippen molar-refractivity contribution in [3.05, 3.63) is 47.5 Å². The molecule has 23 heavy (non-hydrogen) atoms. The highest BCUT2D eigenvalue weighted by Crippen LogP contribution is 2.18. The predicted molar refractivity (Wildman–Crippen MR) is 87.9 cm³/mol. The molecule has 1 fully saturated rings. The number of nitrogens with zero attached hydrogens (tertiary/aromatic N) is 4. The summed E-state index contributed by atoms with van der Waals surface area (Å²) in [4.78, 5) is 18.8. The van der Waals surface area contributed by atoms with E-state index in [-0.39, 0.29) is 5.91 Å². The summed E-state index contributed by atoms with van der Waals surface area (Å²) < 4.78 is 1.83. The Bertz CT molecular complexity index is 681. The van der Waals surface area contributed by atoms with Gasteiger partial charge in [-0.15, -0.1) is 0 Å². The van der Waals surface area contributed by atoms with Crippen molar-refractivity contribution >= 4 is 5.91 Å². The number of aromatic nitrogens is 3. The van der Waals surface area contributed by atoms with Crippen molar-refractivity contribution < 1.29 is 4.79 Å². The highest BCUT2D eigenvalue weighted by Gasteiger charge is 2.23. The standard InChI is InChI=1S/C17H23N5O/c1-13-16(4-3-6-18-13)17(23)19-8-14-5-7-22(11-14)12-15-9-20-21(2)10-15/h3-4,6,9-10,14H,5,7-8,11-12H2,1-2H3,(H,19,23). The number of pyridine rings is 1.